The van der Waals surface area contributed by atoms with Gasteiger partial charge in [-0.25, -0.2) is 13.1 Å². The van der Waals surface area contributed by atoms with Crippen molar-refractivity contribution in [3.05, 3.63) is 153 Å². The van der Waals surface area contributed by atoms with Crippen LogP contribution in [-0.4, -0.2) is 207 Å². The fraction of sp³-hybridized carbons (Fsp3) is 0.494. The summed E-state index contributed by atoms with van der Waals surface area (Å²) in [5.74, 6) is -14.9. The summed E-state index contributed by atoms with van der Waals surface area (Å²) in [5, 5.41) is 129. The van der Waals surface area contributed by atoms with Gasteiger partial charge in [-0.05, 0) is 213 Å². The lowest BCUT2D eigenvalue weighted by Crippen LogP contribution is -2.64. The van der Waals surface area contributed by atoms with Gasteiger partial charge in [0.25, 0.3) is 10.0 Å². The molecule has 4 saturated carbocycles. The van der Waals surface area contributed by atoms with Crippen LogP contribution in [0.1, 0.15) is 168 Å². The van der Waals surface area contributed by atoms with Crippen molar-refractivity contribution in [2.24, 2.45) is 35.3 Å². The zero-order chi connectivity index (χ0) is 89.3. The zero-order valence-corrected chi connectivity index (χ0v) is 70.6. The van der Waals surface area contributed by atoms with Gasteiger partial charge in [0.05, 0.1) is 47.8 Å². The number of hydrogen-bond acceptors (Lipinski definition) is 28. The molecule has 5 aliphatic carbocycles. The van der Waals surface area contributed by atoms with Gasteiger partial charge in [0.2, 0.25) is 65.1 Å². The fourth-order valence-electron chi connectivity index (χ4n) is 18.9. The molecular weight excluding hydrogens is 1670 g/mol. The van der Waals surface area contributed by atoms with E-state index in [0.29, 0.717) is 24.9 Å². The average Bonchev–Trinajstić information content (AvgIpc) is 1.57. The van der Waals surface area contributed by atoms with Gasteiger partial charge < -0.3 is 127 Å². The van der Waals surface area contributed by atoms with E-state index in [1.54, 1.807) is 0 Å². The number of nitrogens with two attached hydrogens (primary N) is 1. The molecule has 0 spiro atoms. The van der Waals surface area contributed by atoms with Gasteiger partial charge >= 0.3 is 0 Å². The summed E-state index contributed by atoms with van der Waals surface area (Å²) >= 11 is 7.22. The van der Waals surface area contributed by atoms with Crippen LogP contribution in [0.5, 0.6) is 40.2 Å². The molecule has 0 aromatic heterocycles. The summed E-state index contributed by atoms with van der Waals surface area (Å²) < 4.78 is 75.3. The molecule has 7 aliphatic heterocycles. The smallest absolute Gasteiger partial charge is 0.264 e. The summed E-state index contributed by atoms with van der Waals surface area (Å²) in [6, 6.07) is 6.92. The number of fused-ring (bicyclic) bond motifs is 12. The third-order valence-electron chi connectivity index (χ3n) is 25.2. The lowest BCUT2D eigenvalue weighted by atomic mass is 9.54. The number of sulfonamides is 1. The van der Waals surface area contributed by atoms with Crippen molar-refractivity contribution in [2.75, 3.05) is 20.3 Å². The van der Waals surface area contributed by atoms with E-state index in [9.17, 15) is 64.0 Å². The minimum absolute atomic E-state index is 0.0713. The Bertz CT molecular complexity index is 5250. The molecule has 15 bridgehead atoms. The van der Waals surface area contributed by atoms with Crippen molar-refractivity contribution in [3.8, 4) is 51.4 Å². The van der Waals surface area contributed by atoms with E-state index in [2.05, 4.69) is 42.5 Å². The predicted octanol–water partition coefficient (Wildman–Crippen LogP) is 2.60. The van der Waals surface area contributed by atoms with Crippen LogP contribution in [-0.2, 0) is 68.4 Å². The second-order valence-corrected chi connectivity index (χ2v) is 36.8. The lowest BCUT2D eigenvalue weighted by molar-refractivity contribution is -0.333. The Morgan fingerprint density at radius 3 is 2.02 bits per heavy atom. The number of hydrogen-bond donors (Lipinski definition) is 19. The maximum Gasteiger partial charge on any atom is 0.264 e. The first-order chi connectivity index (χ1) is 59.4. The van der Waals surface area contributed by atoms with E-state index in [4.69, 9.17) is 50.5 Å². The van der Waals surface area contributed by atoms with Gasteiger partial charge in [-0.2, -0.15) is 0 Å². The summed E-state index contributed by atoms with van der Waals surface area (Å²) in [6.45, 7) is 7.90. The minimum atomic E-state index is -4.90. The lowest BCUT2D eigenvalue weighted by Gasteiger charge is -2.54. The molecule has 6 fully saturated rings. The number of benzene rings is 6. The van der Waals surface area contributed by atoms with Crippen LogP contribution in [0.2, 0.25) is 5.02 Å². The van der Waals surface area contributed by atoms with Crippen LogP contribution in [0.15, 0.2) is 114 Å². The molecule has 18 rings (SSSR count). The number of carbonyl (C=O) groups excluding carboxylic acids is 8. The number of aliphatic hydroxyl groups excluding tert-OH is 6. The van der Waals surface area contributed by atoms with Gasteiger partial charge in [0, 0.05) is 29.1 Å². The molecule has 36 nitrogen and oxygen atoms in total. The molecular formula is C87H103ClN10O26S. The van der Waals surface area contributed by atoms with E-state index in [-0.39, 0.29) is 103 Å². The van der Waals surface area contributed by atoms with Gasteiger partial charge in [0.1, 0.15) is 89.8 Å². The number of amides is 8. The first-order valence-corrected chi connectivity index (χ1v) is 43.7. The Kier molecular flexibility index (Phi) is 25.7. The molecule has 2 saturated heterocycles. The Hall–Kier alpha value is -10.2. The average molecular weight is 1770 g/mol. The Morgan fingerprint density at radius 2 is 1.36 bits per heavy atom. The first-order valence-electron chi connectivity index (χ1n) is 41.8. The van der Waals surface area contributed by atoms with Crippen LogP contribution in [0.3, 0.4) is 0 Å². The third-order valence-corrected chi connectivity index (χ3v) is 26.9. The molecule has 0 radical (unpaired) electrons. The van der Waals surface area contributed by atoms with Crippen LogP contribution < -0.4 is 71.9 Å². The van der Waals surface area contributed by atoms with Crippen molar-refractivity contribution in [3.63, 3.8) is 0 Å². The highest BCUT2D eigenvalue weighted by Gasteiger charge is 2.54. The summed E-state index contributed by atoms with van der Waals surface area (Å²) in [6.07, 6.45) is -13.1. The molecule has 125 heavy (non-hydrogen) atoms. The van der Waals surface area contributed by atoms with E-state index in [1.165, 1.54) is 87.6 Å². The van der Waals surface area contributed by atoms with Crippen molar-refractivity contribution < 1.29 is 126 Å². The van der Waals surface area contributed by atoms with Crippen LogP contribution >= 0.6 is 11.6 Å². The molecule has 7 heterocycles. The Labute approximate surface area is 723 Å². The van der Waals surface area contributed by atoms with Gasteiger partial charge in [-0.1, -0.05) is 69.1 Å². The van der Waals surface area contributed by atoms with Gasteiger partial charge in [0.15, 0.2) is 23.9 Å². The van der Waals surface area contributed by atoms with Crippen LogP contribution in [0.4, 0.5) is 0 Å². The summed E-state index contributed by atoms with van der Waals surface area (Å²) in [4.78, 5) is 125. The Morgan fingerprint density at radius 1 is 0.704 bits per heavy atom. The highest BCUT2D eigenvalue weighted by atomic mass is 35.5. The van der Waals surface area contributed by atoms with Gasteiger partial charge in [-0.15, -0.1) is 0 Å². The van der Waals surface area contributed by atoms with Crippen molar-refractivity contribution in [2.45, 2.75) is 225 Å². The topological polar surface area (TPSA) is 552 Å². The number of likely N-dealkylation sites (N-methyl/N-ethyl adjacent to an activating group) is 1. The molecule has 6 aromatic rings. The maximum absolute atomic E-state index is 16.7. The number of unbranched alkanes of at least 4 members (excludes halogenated alkanes) is 1. The van der Waals surface area contributed by atoms with Gasteiger partial charge in [-0.3, -0.25) is 38.4 Å². The standard InChI is InChI=1S/C87H103ClN10O26S/c1-7-8-21-118-48-15-17-50(18-16-48)125(116,117)98-62(101)34-57-79(108)93-67-46-30-59(75(124-85-76(74(105)73(104)61(36-99)122-85)123-63-35-86(5,89)77(106)38(4)119-63)60(31-46)121-58-20-12-43(29-55(58)88)72(103)70(83(112)91-57)96-78(107)56(90-6)22-37(2)3)120-49-13-9-41(10-14-49)71(102)69-84(113)95-68(82(111)92-65-44-24-39-23-40(26-44)27-45(65)25-39)52-32-47(100)33-54-64(52)51-28-42(11-19-53(51)87(54,114)115)66(80(109)97-69)94-81(67)110/h9-20,28-33,37-40,44-45,56-57,61,63,65-74,76-77,85,90,99-100,102-106,114-115H,7-8,21-27,34-36,89H2,1-6H3,(H,91,112)(H,92,111)(H,93,108)(H,94,110)(H,95,113)(H,96,107)(H,97,109)(H,98,101)/t38-,39?,40?,44?,45?,56+,57-,61+,63+,65?,66+,67+,68-,69-,70+,71+,72+,73+,74-,76+,77+,85-,86-/m0/s1. The first kappa shape index (κ1) is 89.6. The molecule has 0 unspecified atom stereocenters. The van der Waals surface area contributed by atoms with Crippen LogP contribution in [0.25, 0.3) is 11.1 Å². The number of rotatable bonds is 20. The number of carbonyl (C=O) groups is 8. The Balaban J connectivity index is 0.918. The molecule has 6 aromatic carbocycles. The number of halogens is 1. The number of ether oxygens (including phenoxy) is 7. The second-order valence-electron chi connectivity index (χ2n) is 34.7. The molecule has 38 heteroatoms. The fourth-order valence-corrected chi connectivity index (χ4v) is 20.1. The van der Waals surface area contributed by atoms with Crippen LogP contribution in [0, 0.1) is 29.6 Å². The molecule has 8 amide bonds. The molecule has 20 N–H and O–H groups in total. The molecule has 12 aliphatic rings. The number of nitrogens with one attached hydrogen (secondary N) is 9. The number of aliphatic hydroxyl groups is 8. The molecule has 670 valence electrons. The van der Waals surface area contributed by atoms with E-state index in [1.807, 2.05) is 25.5 Å². The minimum Gasteiger partial charge on any atom is -0.508 e. The monoisotopic (exact) mass is 1770 g/mol. The third kappa shape index (κ3) is 18.3. The quantitative estimate of drug-likeness (QED) is 0.0386. The zero-order valence-electron chi connectivity index (χ0n) is 69.0. The second kappa shape index (κ2) is 35.9. The summed E-state index contributed by atoms with van der Waals surface area (Å²) in [7, 11) is -3.44. The maximum atomic E-state index is 16.7. The predicted molar refractivity (Wildman–Crippen MR) is 440 cm³/mol. The number of phenolic OH excluding ortho intramolecular Hbond substituents is 1. The van der Waals surface area contributed by atoms with Crippen molar-refractivity contribution in [1.82, 2.24) is 47.3 Å². The van der Waals surface area contributed by atoms with Crippen molar-refractivity contribution >= 4 is 68.9 Å². The highest BCUT2D eigenvalue weighted by molar-refractivity contribution is 7.90. The largest absolute Gasteiger partial charge is 0.508 e. The van der Waals surface area contributed by atoms with E-state index < -0.39 is 219 Å². The number of aromatic hydroxyl groups is 1. The molecule has 18 atom stereocenters. The van der Waals surface area contributed by atoms with E-state index in [0.717, 1.165) is 81.0 Å². The normalized spacial score (nSPS) is 31.2. The highest BCUT2D eigenvalue weighted by Crippen LogP contribution is 2.56. The van der Waals surface area contributed by atoms with E-state index >= 15 is 28.8 Å². The summed E-state index contributed by atoms with van der Waals surface area (Å²) in [5.41, 5.74) is 3.06. The SMILES string of the molecule is CCCCOc1ccc(S(=O)(=O)NC(=O)C[C@@H]2NC(=O)[C@H](NC(=O)[C@@H](CC(C)C)NC)[C@H](O)c3ccc(c(Cl)c3)Oc3cc4cc(c3O[C@@H]3O[C@H](CO)[C@@H](O)[C@H](O)[C@H]3O[C@@H]3C[C@](C)(N)[C@H](O)[C@H](C)O3)Oc3ccc(cc3)[C@@H](O)[C@@H]3NC(=O)[C@H](NC(=O)[C@@H]4NC2=O)c2ccc4c(c2)-c2c(cc(O)cc2C4(O)O)[C@@H](C(=O)NC2C4CC5CC(C4)CC2C5)NC3=O)cc1. The van der Waals surface area contributed by atoms with Crippen molar-refractivity contribution in [1.29, 1.82) is 0 Å². The number of phenols is 1.